The van der Waals surface area contributed by atoms with E-state index in [4.69, 9.17) is 4.52 Å². The van der Waals surface area contributed by atoms with Gasteiger partial charge in [0.2, 0.25) is 5.82 Å². The van der Waals surface area contributed by atoms with Crippen molar-refractivity contribution in [3.63, 3.8) is 0 Å². The number of rotatable bonds is 5. The van der Waals surface area contributed by atoms with Crippen molar-refractivity contribution in [3.8, 4) is 23.0 Å². The lowest BCUT2D eigenvalue weighted by Gasteiger charge is -2.05. The SMILES string of the molecule is Cc1cncnc1-c1noc(-c2ccc(S(=O)(=O)Nc3nccs3)cc2)n1. The molecule has 0 saturated carbocycles. The molecule has 0 saturated heterocycles. The molecular formula is C16H12N6O3S2. The second-order valence-electron chi connectivity index (χ2n) is 5.44. The fourth-order valence-electron chi connectivity index (χ4n) is 2.29. The first-order valence-electron chi connectivity index (χ1n) is 7.66. The van der Waals surface area contributed by atoms with Crippen molar-refractivity contribution in [1.29, 1.82) is 0 Å². The van der Waals surface area contributed by atoms with Gasteiger partial charge in [-0.3, -0.25) is 4.72 Å². The number of hydrogen-bond donors (Lipinski definition) is 1. The molecule has 0 spiro atoms. The Bertz CT molecular complexity index is 1170. The standard InChI is InChI=1S/C16H12N6O3S2/c1-10-8-17-9-19-13(10)14-20-15(25-21-14)11-2-4-12(5-3-11)27(23,24)22-16-18-6-7-26-16/h2-9H,1H3,(H,18,22). The summed E-state index contributed by atoms with van der Waals surface area (Å²) in [7, 11) is -3.71. The molecular weight excluding hydrogens is 388 g/mol. The Balaban J connectivity index is 1.59. The summed E-state index contributed by atoms with van der Waals surface area (Å²) < 4.78 is 32.4. The van der Waals surface area contributed by atoms with Crippen LogP contribution < -0.4 is 4.72 Å². The lowest BCUT2D eigenvalue weighted by atomic mass is 10.2. The van der Waals surface area contributed by atoms with Gasteiger partial charge in [-0.15, -0.1) is 11.3 Å². The zero-order valence-electron chi connectivity index (χ0n) is 13.9. The highest BCUT2D eigenvalue weighted by molar-refractivity contribution is 7.93. The van der Waals surface area contributed by atoms with Crippen molar-refractivity contribution in [2.75, 3.05) is 4.72 Å². The summed E-state index contributed by atoms with van der Waals surface area (Å²) in [6.45, 7) is 1.85. The minimum absolute atomic E-state index is 0.104. The molecule has 9 nitrogen and oxygen atoms in total. The van der Waals surface area contributed by atoms with Gasteiger partial charge < -0.3 is 4.52 Å². The van der Waals surface area contributed by atoms with Gasteiger partial charge in [0, 0.05) is 23.3 Å². The molecule has 0 aliphatic heterocycles. The summed E-state index contributed by atoms with van der Waals surface area (Å²) in [5.41, 5.74) is 1.99. The van der Waals surface area contributed by atoms with Crippen LogP contribution in [0.5, 0.6) is 0 Å². The molecule has 4 aromatic rings. The predicted molar refractivity (Wildman–Crippen MR) is 98.4 cm³/mol. The summed E-state index contributed by atoms with van der Waals surface area (Å²) >= 11 is 1.20. The van der Waals surface area contributed by atoms with Crippen LogP contribution in [0.15, 0.2) is 57.8 Å². The Hall–Kier alpha value is -3.18. The first-order valence-corrected chi connectivity index (χ1v) is 10.0. The summed E-state index contributed by atoms with van der Waals surface area (Å²) in [4.78, 5) is 16.4. The van der Waals surface area contributed by atoms with Crippen LogP contribution in [0.3, 0.4) is 0 Å². The topological polar surface area (TPSA) is 124 Å². The molecule has 0 unspecified atom stereocenters. The van der Waals surface area contributed by atoms with E-state index < -0.39 is 10.0 Å². The normalized spacial score (nSPS) is 11.4. The Morgan fingerprint density at radius 1 is 1.15 bits per heavy atom. The van der Waals surface area contributed by atoms with Gasteiger partial charge >= 0.3 is 0 Å². The number of anilines is 1. The second-order valence-corrected chi connectivity index (χ2v) is 8.02. The van der Waals surface area contributed by atoms with Crippen molar-refractivity contribution >= 4 is 26.5 Å². The Labute approximate surface area is 158 Å². The minimum Gasteiger partial charge on any atom is -0.334 e. The van der Waals surface area contributed by atoms with Crippen molar-refractivity contribution in [3.05, 3.63) is 53.9 Å². The maximum Gasteiger partial charge on any atom is 0.263 e. The van der Waals surface area contributed by atoms with E-state index in [1.54, 1.807) is 23.7 Å². The van der Waals surface area contributed by atoms with Gasteiger partial charge in [-0.2, -0.15) is 4.98 Å². The van der Waals surface area contributed by atoms with Gasteiger partial charge in [0.15, 0.2) is 5.13 Å². The Morgan fingerprint density at radius 3 is 2.67 bits per heavy atom. The fraction of sp³-hybridized carbons (Fsp3) is 0.0625. The van der Waals surface area contributed by atoms with Crippen molar-refractivity contribution in [1.82, 2.24) is 25.1 Å². The highest BCUT2D eigenvalue weighted by Gasteiger charge is 2.17. The van der Waals surface area contributed by atoms with E-state index in [0.29, 0.717) is 22.2 Å². The minimum atomic E-state index is -3.71. The van der Waals surface area contributed by atoms with E-state index in [2.05, 4.69) is 29.8 Å². The first kappa shape index (κ1) is 17.2. The number of benzene rings is 1. The zero-order valence-corrected chi connectivity index (χ0v) is 15.5. The van der Waals surface area contributed by atoms with Crippen LogP contribution in [-0.4, -0.2) is 33.5 Å². The molecule has 0 atom stereocenters. The van der Waals surface area contributed by atoms with Crippen LogP contribution in [0.4, 0.5) is 5.13 Å². The lowest BCUT2D eigenvalue weighted by molar-refractivity contribution is 0.432. The smallest absolute Gasteiger partial charge is 0.263 e. The summed E-state index contributed by atoms with van der Waals surface area (Å²) in [5.74, 6) is 0.604. The summed E-state index contributed by atoms with van der Waals surface area (Å²) in [6, 6.07) is 6.12. The molecule has 136 valence electrons. The van der Waals surface area contributed by atoms with Crippen LogP contribution in [0.25, 0.3) is 23.0 Å². The van der Waals surface area contributed by atoms with Crippen LogP contribution in [0, 0.1) is 6.92 Å². The molecule has 0 aliphatic carbocycles. The number of thiazole rings is 1. The number of sulfonamides is 1. The molecule has 3 aromatic heterocycles. The maximum atomic E-state index is 12.4. The van der Waals surface area contributed by atoms with Gasteiger partial charge in [0.25, 0.3) is 15.9 Å². The molecule has 0 radical (unpaired) electrons. The number of aryl methyl sites for hydroxylation is 1. The molecule has 4 rings (SSSR count). The fourth-order valence-corrected chi connectivity index (χ4v) is 4.08. The predicted octanol–water partition coefficient (Wildman–Crippen LogP) is 2.76. The zero-order chi connectivity index (χ0) is 18.9. The molecule has 0 fully saturated rings. The molecule has 1 N–H and O–H groups in total. The van der Waals surface area contributed by atoms with Crippen LogP contribution in [0.1, 0.15) is 5.56 Å². The van der Waals surface area contributed by atoms with Crippen molar-refractivity contribution < 1.29 is 12.9 Å². The third-order valence-corrected chi connectivity index (χ3v) is 5.77. The number of aromatic nitrogens is 5. The highest BCUT2D eigenvalue weighted by atomic mass is 32.2. The summed E-state index contributed by atoms with van der Waals surface area (Å²) in [5, 5.41) is 5.93. The Morgan fingerprint density at radius 2 is 1.96 bits per heavy atom. The lowest BCUT2D eigenvalue weighted by Crippen LogP contribution is -2.12. The van der Waals surface area contributed by atoms with E-state index >= 15 is 0 Å². The van der Waals surface area contributed by atoms with Crippen molar-refractivity contribution in [2.24, 2.45) is 0 Å². The van der Waals surface area contributed by atoms with E-state index in [1.807, 2.05) is 6.92 Å². The average molecular weight is 400 g/mol. The molecule has 0 aliphatic rings. The number of nitrogens with zero attached hydrogens (tertiary/aromatic N) is 5. The molecule has 3 heterocycles. The van der Waals surface area contributed by atoms with Gasteiger partial charge in [0.1, 0.15) is 12.0 Å². The van der Waals surface area contributed by atoms with Gasteiger partial charge in [-0.25, -0.2) is 23.4 Å². The van der Waals surface area contributed by atoms with E-state index in [0.717, 1.165) is 5.56 Å². The molecule has 1 aromatic carbocycles. The van der Waals surface area contributed by atoms with E-state index in [-0.39, 0.29) is 10.8 Å². The Kier molecular flexibility index (Phi) is 4.38. The van der Waals surface area contributed by atoms with Crippen LogP contribution in [-0.2, 0) is 10.0 Å². The maximum absolute atomic E-state index is 12.4. The van der Waals surface area contributed by atoms with Crippen LogP contribution >= 0.6 is 11.3 Å². The highest BCUT2D eigenvalue weighted by Crippen LogP contribution is 2.24. The first-order chi connectivity index (χ1) is 13.0. The van der Waals surface area contributed by atoms with Gasteiger partial charge in [0.05, 0.1) is 4.90 Å². The monoisotopic (exact) mass is 400 g/mol. The third-order valence-electron chi connectivity index (χ3n) is 3.60. The van der Waals surface area contributed by atoms with Crippen LogP contribution in [0.2, 0.25) is 0 Å². The van der Waals surface area contributed by atoms with E-state index in [9.17, 15) is 8.42 Å². The average Bonchev–Trinajstić information content (AvgIpc) is 3.34. The second kappa shape index (κ2) is 6.85. The molecule has 11 heteroatoms. The number of nitrogens with one attached hydrogen (secondary N) is 1. The summed E-state index contributed by atoms with van der Waals surface area (Å²) in [6.07, 6.45) is 4.60. The molecule has 0 bridgehead atoms. The number of hydrogen-bond acceptors (Lipinski definition) is 9. The van der Waals surface area contributed by atoms with E-state index in [1.165, 1.54) is 36.0 Å². The van der Waals surface area contributed by atoms with Crippen molar-refractivity contribution in [2.45, 2.75) is 11.8 Å². The van der Waals surface area contributed by atoms with Gasteiger partial charge in [-0.1, -0.05) is 5.16 Å². The van der Waals surface area contributed by atoms with Gasteiger partial charge in [-0.05, 0) is 36.8 Å². The largest absolute Gasteiger partial charge is 0.334 e. The quantitative estimate of drug-likeness (QED) is 0.542. The molecule has 27 heavy (non-hydrogen) atoms. The molecule has 0 amide bonds. The third kappa shape index (κ3) is 3.55.